The zero-order valence-corrected chi connectivity index (χ0v) is 20.9. The molecule has 184 valence electrons. The quantitative estimate of drug-likeness (QED) is 0.327. The van der Waals surface area contributed by atoms with Crippen LogP contribution in [0.1, 0.15) is 86.0 Å². The van der Waals surface area contributed by atoms with Crippen LogP contribution in [0.25, 0.3) is 0 Å². The van der Waals surface area contributed by atoms with Crippen molar-refractivity contribution in [2.75, 3.05) is 6.61 Å². The van der Waals surface area contributed by atoms with E-state index < -0.39 is 0 Å². The molecule has 6 nitrogen and oxygen atoms in total. The van der Waals surface area contributed by atoms with E-state index in [-0.39, 0.29) is 53.5 Å². The normalized spacial score (nSPS) is 40.4. The van der Waals surface area contributed by atoms with Gasteiger partial charge >= 0.3 is 17.9 Å². The van der Waals surface area contributed by atoms with Crippen molar-refractivity contribution in [3.63, 3.8) is 0 Å². The first-order valence-electron chi connectivity index (χ1n) is 12.7. The lowest BCUT2D eigenvalue weighted by Crippen LogP contribution is -2.52. The zero-order valence-electron chi connectivity index (χ0n) is 20.9. The number of hydrogen-bond donors (Lipinski definition) is 0. The summed E-state index contributed by atoms with van der Waals surface area (Å²) in [5.74, 6) is 1.24. The first-order valence-corrected chi connectivity index (χ1v) is 12.7. The van der Waals surface area contributed by atoms with E-state index in [4.69, 9.17) is 14.2 Å². The fourth-order valence-corrected chi connectivity index (χ4v) is 8.26. The molecule has 8 atom stereocenters. The molecule has 4 rings (SSSR count). The molecule has 0 amide bonds. The van der Waals surface area contributed by atoms with Gasteiger partial charge in [0.05, 0.1) is 0 Å². The molecule has 0 bridgehead atoms. The Bertz CT molecular complexity index is 832. The second kappa shape index (κ2) is 9.07. The minimum absolute atomic E-state index is 0.0221. The minimum atomic E-state index is -0.373. The average molecular weight is 461 g/mol. The number of carbonyl (C=O) groups excluding carboxylic acids is 3. The van der Waals surface area contributed by atoms with E-state index in [2.05, 4.69) is 19.9 Å². The van der Waals surface area contributed by atoms with Crippen LogP contribution in [-0.4, -0.2) is 36.7 Å². The summed E-state index contributed by atoms with van der Waals surface area (Å²) in [5, 5.41) is 0. The zero-order chi connectivity index (χ0) is 24.0. The van der Waals surface area contributed by atoms with E-state index in [1.165, 1.54) is 32.8 Å². The molecule has 0 aromatic rings. The molecule has 0 radical (unpaired) electrons. The SMILES string of the molecule is CC(=O)OC[C@@H](OC(C)=O)[C@H]1CC[C@H]2[C@@H]3CC=C4C[C@@H](OC(C)=O)CC[C@]4(C)[C@H]3CC[C@]12C. The topological polar surface area (TPSA) is 78.9 Å². The molecule has 0 N–H and O–H groups in total. The summed E-state index contributed by atoms with van der Waals surface area (Å²) >= 11 is 0. The molecule has 0 spiro atoms. The van der Waals surface area contributed by atoms with Crippen molar-refractivity contribution in [2.24, 2.45) is 34.5 Å². The Balaban J connectivity index is 1.54. The van der Waals surface area contributed by atoms with Gasteiger partial charge in [0.15, 0.2) is 0 Å². The van der Waals surface area contributed by atoms with Gasteiger partial charge in [0.1, 0.15) is 18.8 Å². The Labute approximate surface area is 197 Å². The van der Waals surface area contributed by atoms with Gasteiger partial charge in [0.2, 0.25) is 0 Å². The molecule has 0 saturated heterocycles. The Morgan fingerprint density at radius 1 is 0.970 bits per heavy atom. The number of ether oxygens (including phenoxy) is 3. The van der Waals surface area contributed by atoms with Crippen LogP contribution in [0.3, 0.4) is 0 Å². The third kappa shape index (κ3) is 4.46. The molecule has 0 aromatic carbocycles. The Morgan fingerprint density at radius 3 is 2.39 bits per heavy atom. The van der Waals surface area contributed by atoms with Gasteiger partial charge in [-0.3, -0.25) is 14.4 Å². The van der Waals surface area contributed by atoms with Gasteiger partial charge in [0.25, 0.3) is 0 Å². The molecule has 4 aliphatic rings. The van der Waals surface area contributed by atoms with E-state index in [9.17, 15) is 14.4 Å². The summed E-state index contributed by atoms with van der Waals surface area (Å²) in [6.45, 7) is 9.31. The molecular formula is C27H40O6. The number of esters is 3. The molecule has 0 unspecified atom stereocenters. The van der Waals surface area contributed by atoms with Crippen LogP contribution < -0.4 is 0 Å². The predicted octanol–water partition coefficient (Wildman–Crippen LogP) is 4.99. The molecule has 3 saturated carbocycles. The van der Waals surface area contributed by atoms with Gasteiger partial charge in [-0.15, -0.1) is 0 Å². The standard InChI is InChI=1S/C27H40O6/c1-16(28)31-15-25(33-18(3)30)24-9-8-22-21-7-6-19-14-20(32-17(2)29)10-12-26(19,4)23(21)11-13-27(22,24)5/h6,20-25H,7-15H2,1-5H3/t20-,21-,22-,23-,24+,25+,26-,27-/m0/s1. The molecule has 3 fully saturated rings. The number of fused-ring (bicyclic) bond motifs is 5. The monoisotopic (exact) mass is 460 g/mol. The lowest BCUT2D eigenvalue weighted by molar-refractivity contribution is -0.165. The Hall–Kier alpha value is -1.85. The van der Waals surface area contributed by atoms with Crippen LogP contribution in [0.5, 0.6) is 0 Å². The van der Waals surface area contributed by atoms with E-state index in [0.717, 1.165) is 44.9 Å². The maximum absolute atomic E-state index is 11.8. The summed E-state index contributed by atoms with van der Waals surface area (Å²) < 4.78 is 16.6. The van der Waals surface area contributed by atoms with Crippen molar-refractivity contribution in [3.05, 3.63) is 11.6 Å². The first-order chi connectivity index (χ1) is 15.5. The summed E-state index contributed by atoms with van der Waals surface area (Å²) in [7, 11) is 0. The highest BCUT2D eigenvalue weighted by atomic mass is 16.6. The molecule has 6 heteroatoms. The van der Waals surface area contributed by atoms with Gasteiger partial charge in [-0.05, 0) is 73.5 Å². The van der Waals surface area contributed by atoms with Crippen LogP contribution in [0.15, 0.2) is 11.6 Å². The summed E-state index contributed by atoms with van der Waals surface area (Å²) in [6.07, 6.45) is 10.5. The summed E-state index contributed by atoms with van der Waals surface area (Å²) in [4.78, 5) is 34.8. The average Bonchev–Trinajstić information content (AvgIpc) is 3.08. The maximum Gasteiger partial charge on any atom is 0.303 e. The van der Waals surface area contributed by atoms with Gasteiger partial charge in [0, 0.05) is 33.1 Å². The number of allylic oxidation sites excluding steroid dienone is 1. The van der Waals surface area contributed by atoms with Crippen LogP contribution in [0.2, 0.25) is 0 Å². The van der Waals surface area contributed by atoms with Crippen LogP contribution in [0, 0.1) is 34.5 Å². The van der Waals surface area contributed by atoms with Crippen LogP contribution >= 0.6 is 0 Å². The fraction of sp³-hybridized carbons (Fsp3) is 0.815. The number of hydrogen-bond acceptors (Lipinski definition) is 6. The van der Waals surface area contributed by atoms with E-state index in [1.54, 1.807) is 0 Å². The highest BCUT2D eigenvalue weighted by molar-refractivity contribution is 5.67. The van der Waals surface area contributed by atoms with Gasteiger partial charge in [-0.1, -0.05) is 25.5 Å². The van der Waals surface area contributed by atoms with Crippen LogP contribution in [-0.2, 0) is 28.6 Å². The largest absolute Gasteiger partial charge is 0.462 e. The lowest BCUT2D eigenvalue weighted by Gasteiger charge is -2.58. The van der Waals surface area contributed by atoms with Crippen LogP contribution in [0.4, 0.5) is 0 Å². The van der Waals surface area contributed by atoms with E-state index in [0.29, 0.717) is 17.8 Å². The van der Waals surface area contributed by atoms with Gasteiger partial charge in [-0.25, -0.2) is 0 Å². The molecule has 0 aromatic heterocycles. The number of rotatable bonds is 5. The molecular weight excluding hydrogens is 420 g/mol. The van der Waals surface area contributed by atoms with E-state index >= 15 is 0 Å². The van der Waals surface area contributed by atoms with Crippen molar-refractivity contribution in [1.82, 2.24) is 0 Å². The molecule has 0 aliphatic heterocycles. The van der Waals surface area contributed by atoms with Gasteiger partial charge in [-0.2, -0.15) is 0 Å². The third-order valence-corrected chi connectivity index (χ3v) is 9.68. The summed E-state index contributed by atoms with van der Waals surface area (Å²) in [5.41, 5.74) is 1.76. The minimum Gasteiger partial charge on any atom is -0.462 e. The van der Waals surface area contributed by atoms with Crippen molar-refractivity contribution in [3.8, 4) is 0 Å². The van der Waals surface area contributed by atoms with E-state index in [1.807, 2.05) is 0 Å². The molecule has 33 heavy (non-hydrogen) atoms. The first kappa shape index (κ1) is 24.3. The smallest absolute Gasteiger partial charge is 0.303 e. The fourth-order valence-electron chi connectivity index (χ4n) is 8.26. The van der Waals surface area contributed by atoms with Crippen molar-refractivity contribution >= 4 is 17.9 Å². The van der Waals surface area contributed by atoms with Crippen molar-refractivity contribution < 1.29 is 28.6 Å². The van der Waals surface area contributed by atoms with Gasteiger partial charge < -0.3 is 14.2 Å². The predicted molar refractivity (Wildman–Crippen MR) is 123 cm³/mol. The lowest BCUT2D eigenvalue weighted by atomic mass is 9.47. The third-order valence-electron chi connectivity index (χ3n) is 9.68. The highest BCUT2D eigenvalue weighted by Gasteiger charge is 2.60. The molecule has 0 heterocycles. The second-order valence-electron chi connectivity index (χ2n) is 11.4. The van der Waals surface area contributed by atoms with Crippen molar-refractivity contribution in [1.29, 1.82) is 0 Å². The second-order valence-corrected chi connectivity index (χ2v) is 11.4. The number of carbonyl (C=O) groups is 3. The Morgan fingerprint density at radius 2 is 1.73 bits per heavy atom. The maximum atomic E-state index is 11.8. The highest BCUT2D eigenvalue weighted by Crippen LogP contribution is 2.66. The Kier molecular flexibility index (Phi) is 6.67. The van der Waals surface area contributed by atoms with Crippen molar-refractivity contribution in [2.45, 2.75) is 98.2 Å². The molecule has 4 aliphatic carbocycles. The summed E-state index contributed by atoms with van der Waals surface area (Å²) in [6, 6.07) is 0.